The summed E-state index contributed by atoms with van der Waals surface area (Å²) in [6, 6.07) is 9.50. The van der Waals surface area contributed by atoms with Crippen molar-refractivity contribution in [3.8, 4) is 0 Å². The van der Waals surface area contributed by atoms with Crippen molar-refractivity contribution in [1.29, 1.82) is 0 Å². The van der Waals surface area contributed by atoms with E-state index in [0.29, 0.717) is 45.9 Å². The van der Waals surface area contributed by atoms with Crippen LogP contribution in [0.2, 0.25) is 0 Å². The van der Waals surface area contributed by atoms with Gasteiger partial charge < -0.3 is 30.6 Å². The Balaban J connectivity index is 1.80. The molecule has 8 nitrogen and oxygen atoms in total. The van der Waals surface area contributed by atoms with E-state index in [1.807, 2.05) is 30.3 Å². The summed E-state index contributed by atoms with van der Waals surface area (Å²) in [5, 5.41) is 5.47. The highest BCUT2D eigenvalue weighted by Crippen LogP contribution is 2.04. The highest BCUT2D eigenvalue weighted by molar-refractivity contribution is 5.75. The zero-order valence-corrected chi connectivity index (χ0v) is 17.9. The summed E-state index contributed by atoms with van der Waals surface area (Å²) < 4.78 is 15.9. The second-order valence-corrected chi connectivity index (χ2v) is 6.87. The third kappa shape index (κ3) is 15.7. The number of ether oxygens (including phenoxy) is 3. The van der Waals surface area contributed by atoms with E-state index in [9.17, 15) is 9.59 Å². The van der Waals surface area contributed by atoms with Crippen LogP contribution in [0.25, 0.3) is 0 Å². The minimum Gasteiger partial charge on any atom is -0.445 e. The first-order chi connectivity index (χ1) is 14.7. The number of unbranched alkanes of at least 4 members (excludes halogenated alkanes) is 4. The summed E-state index contributed by atoms with van der Waals surface area (Å²) in [6.45, 7) is 3.56. The molecule has 0 atom stereocenters. The molecule has 0 spiro atoms. The van der Waals surface area contributed by atoms with Gasteiger partial charge in [0.25, 0.3) is 0 Å². The van der Waals surface area contributed by atoms with Crippen molar-refractivity contribution in [2.24, 2.45) is 5.73 Å². The maximum absolute atomic E-state index is 11.7. The molecule has 0 radical (unpaired) electrons. The first kappa shape index (κ1) is 25.9. The molecule has 0 aliphatic heterocycles. The molecule has 0 aliphatic carbocycles. The molecule has 1 rings (SSSR count). The van der Waals surface area contributed by atoms with E-state index in [-0.39, 0.29) is 12.5 Å². The molecule has 30 heavy (non-hydrogen) atoms. The first-order valence-electron chi connectivity index (χ1n) is 10.8. The number of alkyl carbamates (subject to hydrolysis) is 1. The van der Waals surface area contributed by atoms with Crippen LogP contribution in [0, 0.1) is 0 Å². The topological polar surface area (TPSA) is 112 Å². The zero-order valence-electron chi connectivity index (χ0n) is 17.9. The van der Waals surface area contributed by atoms with Gasteiger partial charge in [-0.15, -0.1) is 0 Å². The number of benzene rings is 1. The Bertz CT molecular complexity index is 557. The van der Waals surface area contributed by atoms with Gasteiger partial charge >= 0.3 is 6.09 Å². The first-order valence-corrected chi connectivity index (χ1v) is 10.8. The fourth-order valence-electron chi connectivity index (χ4n) is 2.63. The highest BCUT2D eigenvalue weighted by atomic mass is 16.5. The summed E-state index contributed by atoms with van der Waals surface area (Å²) in [6.07, 6.45) is 5.42. The van der Waals surface area contributed by atoms with Crippen molar-refractivity contribution < 1.29 is 23.8 Å². The third-order valence-corrected chi connectivity index (χ3v) is 4.28. The number of nitrogens with two attached hydrogens (primary N) is 1. The maximum atomic E-state index is 11.7. The van der Waals surface area contributed by atoms with Crippen LogP contribution in [0.4, 0.5) is 4.79 Å². The monoisotopic (exact) mass is 423 g/mol. The number of hydrogen-bond donors (Lipinski definition) is 3. The number of amides is 2. The van der Waals surface area contributed by atoms with Crippen molar-refractivity contribution >= 4 is 12.0 Å². The van der Waals surface area contributed by atoms with E-state index in [1.165, 1.54) is 0 Å². The molecular formula is C22H37N3O5. The van der Waals surface area contributed by atoms with Crippen LogP contribution < -0.4 is 16.4 Å². The number of carbonyl (C=O) groups excluding carboxylic acids is 2. The molecular weight excluding hydrogens is 386 g/mol. The highest BCUT2D eigenvalue weighted by Gasteiger charge is 2.02. The quantitative estimate of drug-likeness (QED) is 0.313. The van der Waals surface area contributed by atoms with Crippen LogP contribution in [-0.4, -0.2) is 58.1 Å². The Hall–Kier alpha value is -2.16. The predicted molar refractivity (Wildman–Crippen MR) is 116 cm³/mol. The van der Waals surface area contributed by atoms with Gasteiger partial charge in [-0.2, -0.15) is 0 Å². The average Bonchev–Trinajstić information content (AvgIpc) is 2.76. The smallest absolute Gasteiger partial charge is 0.407 e. The van der Waals surface area contributed by atoms with Crippen molar-refractivity contribution in [1.82, 2.24) is 10.6 Å². The third-order valence-electron chi connectivity index (χ3n) is 4.28. The van der Waals surface area contributed by atoms with Gasteiger partial charge in [-0.3, -0.25) is 4.79 Å². The average molecular weight is 424 g/mol. The summed E-state index contributed by atoms with van der Waals surface area (Å²) >= 11 is 0. The summed E-state index contributed by atoms with van der Waals surface area (Å²) in [5.41, 5.74) is 6.39. The van der Waals surface area contributed by atoms with E-state index in [4.69, 9.17) is 19.9 Å². The Morgan fingerprint density at radius 3 is 2.13 bits per heavy atom. The Morgan fingerprint density at radius 1 is 0.800 bits per heavy atom. The lowest BCUT2D eigenvalue weighted by molar-refractivity contribution is -0.121. The lowest BCUT2D eigenvalue weighted by Crippen LogP contribution is -2.28. The van der Waals surface area contributed by atoms with Gasteiger partial charge in [0.05, 0.1) is 26.4 Å². The lowest BCUT2D eigenvalue weighted by atomic mass is 10.1. The van der Waals surface area contributed by atoms with Crippen LogP contribution in [0.1, 0.15) is 44.1 Å². The molecule has 170 valence electrons. The lowest BCUT2D eigenvalue weighted by Gasteiger charge is -2.09. The Morgan fingerprint density at radius 2 is 1.43 bits per heavy atom. The number of carbonyl (C=O) groups is 2. The molecule has 0 saturated heterocycles. The maximum Gasteiger partial charge on any atom is 0.407 e. The van der Waals surface area contributed by atoms with E-state index < -0.39 is 6.09 Å². The second kappa shape index (κ2) is 18.8. The summed E-state index contributed by atoms with van der Waals surface area (Å²) in [4.78, 5) is 23.2. The second-order valence-electron chi connectivity index (χ2n) is 6.87. The normalized spacial score (nSPS) is 10.6. The van der Waals surface area contributed by atoms with E-state index in [0.717, 1.165) is 44.2 Å². The van der Waals surface area contributed by atoms with E-state index in [2.05, 4.69) is 10.6 Å². The fraction of sp³-hybridized carbons (Fsp3) is 0.636. The van der Waals surface area contributed by atoms with Crippen LogP contribution >= 0.6 is 0 Å². The molecule has 0 heterocycles. The van der Waals surface area contributed by atoms with E-state index in [1.54, 1.807) is 0 Å². The van der Waals surface area contributed by atoms with Crippen LogP contribution in [0.15, 0.2) is 30.3 Å². The SMILES string of the molecule is NCCCCCCCC(=O)NCCOCCOCCNC(=O)OCc1ccccc1. The van der Waals surface area contributed by atoms with Gasteiger partial charge in [0.2, 0.25) is 5.91 Å². The van der Waals surface area contributed by atoms with Gasteiger partial charge in [0.15, 0.2) is 0 Å². The molecule has 0 aromatic heterocycles. The Labute approximate surface area is 179 Å². The minimum absolute atomic E-state index is 0.0684. The van der Waals surface area contributed by atoms with Crippen molar-refractivity contribution in [3.63, 3.8) is 0 Å². The molecule has 0 aliphatic rings. The predicted octanol–water partition coefficient (Wildman–Crippen LogP) is 2.36. The van der Waals surface area contributed by atoms with Crippen LogP contribution in [0.3, 0.4) is 0 Å². The molecule has 4 N–H and O–H groups in total. The van der Waals surface area contributed by atoms with Gasteiger partial charge in [0, 0.05) is 19.5 Å². The minimum atomic E-state index is -0.468. The van der Waals surface area contributed by atoms with Crippen LogP contribution in [-0.2, 0) is 25.6 Å². The van der Waals surface area contributed by atoms with E-state index >= 15 is 0 Å². The van der Waals surface area contributed by atoms with Gasteiger partial charge in [0.1, 0.15) is 6.61 Å². The van der Waals surface area contributed by atoms with Gasteiger partial charge in [-0.25, -0.2) is 4.79 Å². The van der Waals surface area contributed by atoms with Gasteiger partial charge in [-0.1, -0.05) is 49.6 Å². The zero-order chi connectivity index (χ0) is 21.7. The molecule has 1 aromatic rings. The molecule has 2 amide bonds. The summed E-state index contributed by atoms with van der Waals surface area (Å²) in [5.74, 6) is 0.0684. The summed E-state index contributed by atoms with van der Waals surface area (Å²) in [7, 11) is 0. The number of nitrogens with one attached hydrogen (secondary N) is 2. The van der Waals surface area contributed by atoms with Crippen molar-refractivity contribution in [3.05, 3.63) is 35.9 Å². The molecule has 0 saturated carbocycles. The number of rotatable bonds is 18. The molecule has 0 unspecified atom stereocenters. The molecule has 0 fully saturated rings. The largest absolute Gasteiger partial charge is 0.445 e. The fourth-order valence-corrected chi connectivity index (χ4v) is 2.63. The van der Waals surface area contributed by atoms with Crippen molar-refractivity contribution in [2.45, 2.75) is 45.1 Å². The van der Waals surface area contributed by atoms with Gasteiger partial charge in [-0.05, 0) is 24.9 Å². The van der Waals surface area contributed by atoms with Crippen molar-refractivity contribution in [2.75, 3.05) is 46.1 Å². The number of hydrogen-bond acceptors (Lipinski definition) is 6. The Kier molecular flexibility index (Phi) is 16.3. The van der Waals surface area contributed by atoms with Crippen LogP contribution in [0.5, 0.6) is 0 Å². The molecule has 8 heteroatoms. The molecule has 1 aromatic carbocycles. The molecule has 0 bridgehead atoms. The standard InChI is InChI=1S/C22H37N3O5/c23-12-8-3-1-2-7-11-21(26)24-13-15-28-17-18-29-16-14-25-22(27)30-19-20-9-5-4-6-10-20/h4-6,9-10H,1-3,7-8,11-19,23H2,(H,24,26)(H,25,27).